The zero-order valence-electron chi connectivity index (χ0n) is 8.04. The minimum Gasteiger partial charge on any atom is -0.390 e. The van der Waals surface area contributed by atoms with Gasteiger partial charge in [-0.15, -0.1) is 0 Å². The summed E-state index contributed by atoms with van der Waals surface area (Å²) in [6.07, 6.45) is 1.40. The lowest BCUT2D eigenvalue weighted by Gasteiger charge is -2.23. The first-order valence-electron chi connectivity index (χ1n) is 4.81. The van der Waals surface area contributed by atoms with Crippen LogP contribution in [0, 0.1) is 17.3 Å². The topological polar surface area (TPSA) is 40.5 Å². The summed E-state index contributed by atoms with van der Waals surface area (Å²) >= 11 is 0. The van der Waals surface area contributed by atoms with E-state index in [1.807, 2.05) is 0 Å². The van der Waals surface area contributed by atoms with Gasteiger partial charge in [-0.2, -0.15) is 0 Å². The third-order valence-electron chi connectivity index (χ3n) is 4.22. The minimum atomic E-state index is -0.815. The molecule has 0 aromatic rings. The van der Waals surface area contributed by atoms with Crippen molar-refractivity contribution in [1.29, 1.82) is 0 Å². The summed E-state index contributed by atoms with van der Waals surface area (Å²) < 4.78 is 0. The Morgan fingerprint density at radius 1 is 1.33 bits per heavy atom. The number of hydrogen-bond donors (Lipinski definition) is 2. The van der Waals surface area contributed by atoms with Crippen molar-refractivity contribution in [2.45, 2.75) is 45.3 Å². The molecule has 2 nitrogen and oxygen atoms in total. The van der Waals surface area contributed by atoms with E-state index in [1.165, 1.54) is 0 Å². The second-order valence-corrected chi connectivity index (χ2v) is 5.09. The molecular formula is C10H18O2. The van der Waals surface area contributed by atoms with Crippen molar-refractivity contribution in [3.05, 3.63) is 0 Å². The van der Waals surface area contributed by atoms with Gasteiger partial charge in [0.15, 0.2) is 0 Å². The predicted octanol–water partition coefficient (Wildman–Crippen LogP) is 1.16. The summed E-state index contributed by atoms with van der Waals surface area (Å²) in [5, 5.41) is 19.6. The molecule has 0 aromatic heterocycles. The second kappa shape index (κ2) is 2.05. The average Bonchev–Trinajstić information content (AvgIpc) is 2.59. The lowest BCUT2D eigenvalue weighted by atomic mass is 9.89. The fraction of sp³-hybridized carbons (Fsp3) is 1.00. The van der Waals surface area contributed by atoms with E-state index in [0.717, 1.165) is 12.8 Å². The molecule has 0 aromatic carbocycles. The van der Waals surface area contributed by atoms with Crippen molar-refractivity contribution in [3.8, 4) is 0 Å². The Balaban J connectivity index is 2.22. The first-order valence-corrected chi connectivity index (χ1v) is 4.81. The van der Waals surface area contributed by atoms with Crippen molar-refractivity contribution in [3.63, 3.8) is 0 Å². The molecule has 70 valence electrons. The van der Waals surface area contributed by atoms with Crippen LogP contribution in [0.15, 0.2) is 0 Å². The van der Waals surface area contributed by atoms with Crippen LogP contribution in [-0.2, 0) is 0 Å². The zero-order chi connectivity index (χ0) is 9.15. The largest absolute Gasteiger partial charge is 0.390 e. The molecule has 2 fully saturated rings. The second-order valence-electron chi connectivity index (χ2n) is 5.09. The maximum atomic E-state index is 9.94. The van der Waals surface area contributed by atoms with Crippen LogP contribution in [0.2, 0.25) is 0 Å². The fourth-order valence-corrected chi connectivity index (χ4v) is 3.01. The highest BCUT2D eigenvalue weighted by molar-refractivity contribution is 5.20. The zero-order valence-corrected chi connectivity index (χ0v) is 8.04. The summed E-state index contributed by atoms with van der Waals surface area (Å²) in [6, 6.07) is 0. The van der Waals surface area contributed by atoms with Gasteiger partial charge in [0.25, 0.3) is 0 Å². The Kier molecular flexibility index (Phi) is 1.45. The van der Waals surface area contributed by atoms with Crippen LogP contribution in [0.5, 0.6) is 0 Å². The molecule has 0 saturated heterocycles. The molecule has 2 saturated carbocycles. The van der Waals surface area contributed by atoms with Crippen LogP contribution < -0.4 is 0 Å². The summed E-state index contributed by atoms with van der Waals surface area (Å²) in [4.78, 5) is 0. The summed E-state index contributed by atoms with van der Waals surface area (Å²) in [6.45, 7) is 6.15. The normalized spacial score (nSPS) is 57.5. The molecule has 0 bridgehead atoms. The van der Waals surface area contributed by atoms with Crippen LogP contribution in [0.3, 0.4) is 0 Å². The predicted molar refractivity (Wildman–Crippen MR) is 46.6 cm³/mol. The van der Waals surface area contributed by atoms with Crippen molar-refractivity contribution in [1.82, 2.24) is 0 Å². The number of aliphatic hydroxyl groups excluding tert-OH is 1. The Bertz CT molecular complexity index is 210. The van der Waals surface area contributed by atoms with Crippen LogP contribution in [0.4, 0.5) is 0 Å². The summed E-state index contributed by atoms with van der Waals surface area (Å²) in [5.74, 6) is 0.936. The first-order chi connectivity index (χ1) is 5.41. The van der Waals surface area contributed by atoms with Crippen molar-refractivity contribution < 1.29 is 10.2 Å². The SMILES string of the molecule is CC(C)[C@]12C[C@H](O)[C@](C)(O)[C@H]1C2. The van der Waals surface area contributed by atoms with Gasteiger partial charge < -0.3 is 10.2 Å². The number of hydrogen-bond acceptors (Lipinski definition) is 2. The molecule has 2 N–H and O–H groups in total. The molecule has 0 unspecified atom stereocenters. The molecule has 0 aliphatic heterocycles. The lowest BCUT2D eigenvalue weighted by molar-refractivity contribution is -0.0578. The molecule has 0 amide bonds. The Labute approximate surface area is 73.6 Å². The van der Waals surface area contributed by atoms with Crippen molar-refractivity contribution in [2.24, 2.45) is 17.3 Å². The fourth-order valence-electron chi connectivity index (χ4n) is 3.01. The smallest absolute Gasteiger partial charge is 0.0911 e. The lowest BCUT2D eigenvalue weighted by Crippen LogP contribution is -2.37. The Hall–Kier alpha value is -0.0800. The number of rotatable bonds is 1. The molecule has 0 spiro atoms. The average molecular weight is 170 g/mol. The van der Waals surface area contributed by atoms with Gasteiger partial charge in [0.2, 0.25) is 0 Å². The van der Waals surface area contributed by atoms with E-state index in [0.29, 0.717) is 11.8 Å². The monoisotopic (exact) mass is 170 g/mol. The van der Waals surface area contributed by atoms with Gasteiger partial charge in [0.1, 0.15) is 0 Å². The van der Waals surface area contributed by atoms with Gasteiger partial charge in [-0.25, -0.2) is 0 Å². The van der Waals surface area contributed by atoms with Crippen LogP contribution in [-0.4, -0.2) is 21.9 Å². The van der Waals surface area contributed by atoms with Crippen molar-refractivity contribution in [2.75, 3.05) is 0 Å². The summed E-state index contributed by atoms with van der Waals surface area (Å²) in [5.41, 5.74) is -0.548. The molecule has 2 aliphatic carbocycles. The van der Waals surface area contributed by atoms with Gasteiger partial charge in [0, 0.05) is 0 Å². The standard InChI is InChI=1S/C10H18O2/c1-6(2)10-4-7(10)9(3,12)8(11)5-10/h6-8,11-12H,4-5H2,1-3H3/t7-,8+,9-,10+/m1/s1. The van der Waals surface area contributed by atoms with Crippen LogP contribution >= 0.6 is 0 Å². The molecule has 2 aliphatic rings. The number of fused-ring (bicyclic) bond motifs is 1. The van der Waals surface area contributed by atoms with E-state index < -0.39 is 11.7 Å². The van der Waals surface area contributed by atoms with Gasteiger partial charge >= 0.3 is 0 Å². The van der Waals surface area contributed by atoms with Crippen molar-refractivity contribution >= 4 is 0 Å². The van der Waals surface area contributed by atoms with E-state index in [9.17, 15) is 10.2 Å². The van der Waals surface area contributed by atoms with E-state index in [1.54, 1.807) is 6.92 Å². The molecule has 0 heterocycles. The highest BCUT2D eigenvalue weighted by Gasteiger charge is 2.70. The first kappa shape index (κ1) is 8.52. The molecule has 12 heavy (non-hydrogen) atoms. The summed E-state index contributed by atoms with van der Waals surface area (Å²) in [7, 11) is 0. The third kappa shape index (κ3) is 0.775. The molecule has 0 radical (unpaired) electrons. The van der Waals surface area contributed by atoms with Gasteiger partial charge in [-0.3, -0.25) is 0 Å². The minimum absolute atomic E-state index is 0.267. The van der Waals surface area contributed by atoms with Gasteiger partial charge in [0.05, 0.1) is 11.7 Å². The molecule has 2 rings (SSSR count). The van der Waals surface area contributed by atoms with E-state index >= 15 is 0 Å². The Morgan fingerprint density at radius 2 is 1.92 bits per heavy atom. The van der Waals surface area contributed by atoms with E-state index in [-0.39, 0.29) is 5.41 Å². The maximum absolute atomic E-state index is 9.94. The van der Waals surface area contributed by atoms with E-state index in [4.69, 9.17) is 0 Å². The van der Waals surface area contributed by atoms with Crippen LogP contribution in [0.1, 0.15) is 33.6 Å². The van der Waals surface area contributed by atoms with Gasteiger partial charge in [-0.1, -0.05) is 13.8 Å². The highest BCUT2D eigenvalue weighted by Crippen LogP contribution is 2.70. The quantitative estimate of drug-likeness (QED) is 0.620. The molecule has 2 heteroatoms. The highest BCUT2D eigenvalue weighted by atomic mass is 16.3. The molecule has 4 atom stereocenters. The van der Waals surface area contributed by atoms with Gasteiger partial charge in [-0.05, 0) is 37.0 Å². The van der Waals surface area contributed by atoms with Crippen LogP contribution in [0.25, 0.3) is 0 Å². The Morgan fingerprint density at radius 3 is 2.17 bits per heavy atom. The molecular weight excluding hydrogens is 152 g/mol. The third-order valence-corrected chi connectivity index (χ3v) is 4.22. The maximum Gasteiger partial charge on any atom is 0.0911 e. The number of aliphatic hydroxyl groups is 2. The van der Waals surface area contributed by atoms with E-state index in [2.05, 4.69) is 13.8 Å².